The molecule has 0 bridgehead atoms. The maximum atomic E-state index is 11.7. The molecule has 0 aromatic carbocycles. The minimum Gasteiger partial charge on any atom is -0.395 e. The molecule has 15 heavy (non-hydrogen) atoms. The Bertz CT molecular complexity index is 205. The summed E-state index contributed by atoms with van der Waals surface area (Å²) < 4.78 is 0. The van der Waals surface area contributed by atoms with Crippen molar-refractivity contribution in [2.24, 2.45) is 5.92 Å². The topological polar surface area (TPSA) is 52.6 Å². The first-order valence-corrected chi connectivity index (χ1v) is 5.30. The van der Waals surface area contributed by atoms with E-state index in [2.05, 4.69) is 25.7 Å². The van der Waals surface area contributed by atoms with Crippen LogP contribution in [0.15, 0.2) is 12.7 Å². The predicted octanol–water partition coefficient (Wildman–Crippen LogP) is 1.22. The summed E-state index contributed by atoms with van der Waals surface area (Å²) in [4.78, 5) is 13.2. The molecule has 0 heterocycles. The van der Waals surface area contributed by atoms with Gasteiger partial charge in [0.05, 0.1) is 6.61 Å². The number of hydrogen-bond acceptors (Lipinski definition) is 2. The van der Waals surface area contributed by atoms with E-state index in [4.69, 9.17) is 5.11 Å². The molecule has 1 atom stereocenters. The summed E-state index contributed by atoms with van der Waals surface area (Å²) in [5.74, 6) is 0.397. The van der Waals surface area contributed by atoms with Gasteiger partial charge in [-0.15, -0.1) is 6.58 Å². The summed E-state index contributed by atoms with van der Waals surface area (Å²) in [5, 5.41) is 11.7. The van der Waals surface area contributed by atoms with Crippen molar-refractivity contribution in [2.45, 2.75) is 26.8 Å². The average molecular weight is 214 g/mol. The maximum Gasteiger partial charge on any atom is 0.317 e. The Morgan fingerprint density at radius 2 is 2.13 bits per heavy atom. The van der Waals surface area contributed by atoms with E-state index >= 15 is 0 Å². The normalized spacial score (nSPS) is 12.3. The molecular weight excluding hydrogens is 192 g/mol. The number of hydrogen-bond donors (Lipinski definition) is 2. The lowest BCUT2D eigenvalue weighted by Gasteiger charge is -2.25. The number of rotatable bonds is 6. The van der Waals surface area contributed by atoms with Crippen LogP contribution in [0.5, 0.6) is 0 Å². The third-order valence-corrected chi connectivity index (χ3v) is 2.36. The van der Waals surface area contributed by atoms with Gasteiger partial charge in [-0.2, -0.15) is 0 Å². The number of nitrogens with zero attached hydrogens (tertiary/aromatic N) is 1. The highest BCUT2D eigenvalue weighted by Gasteiger charge is 2.15. The van der Waals surface area contributed by atoms with E-state index in [1.165, 1.54) is 4.90 Å². The monoisotopic (exact) mass is 214 g/mol. The molecule has 0 rings (SSSR count). The van der Waals surface area contributed by atoms with Crippen LogP contribution >= 0.6 is 0 Å². The largest absolute Gasteiger partial charge is 0.395 e. The van der Waals surface area contributed by atoms with E-state index in [0.29, 0.717) is 19.0 Å². The van der Waals surface area contributed by atoms with Crippen LogP contribution < -0.4 is 5.32 Å². The molecule has 0 radical (unpaired) electrons. The smallest absolute Gasteiger partial charge is 0.317 e. The van der Waals surface area contributed by atoms with Gasteiger partial charge < -0.3 is 15.3 Å². The molecular formula is C11H22N2O2. The molecule has 0 saturated heterocycles. The molecule has 0 aliphatic carbocycles. The second kappa shape index (κ2) is 7.29. The molecule has 0 aromatic rings. The highest BCUT2D eigenvalue weighted by molar-refractivity contribution is 5.74. The Morgan fingerprint density at radius 3 is 2.53 bits per heavy atom. The fourth-order valence-corrected chi connectivity index (χ4v) is 1.01. The molecule has 0 spiro atoms. The van der Waals surface area contributed by atoms with E-state index in [1.807, 2.05) is 6.92 Å². The van der Waals surface area contributed by atoms with Gasteiger partial charge in [0.1, 0.15) is 0 Å². The van der Waals surface area contributed by atoms with Gasteiger partial charge >= 0.3 is 6.03 Å². The zero-order valence-corrected chi connectivity index (χ0v) is 9.86. The van der Waals surface area contributed by atoms with Gasteiger partial charge in [-0.3, -0.25) is 0 Å². The Labute approximate surface area is 92.0 Å². The van der Waals surface area contributed by atoms with E-state index in [-0.39, 0.29) is 18.7 Å². The van der Waals surface area contributed by atoms with Crippen LogP contribution in [0.2, 0.25) is 0 Å². The zero-order valence-electron chi connectivity index (χ0n) is 9.86. The van der Waals surface area contributed by atoms with Gasteiger partial charge in [0.2, 0.25) is 0 Å². The predicted molar refractivity (Wildman–Crippen MR) is 61.7 cm³/mol. The van der Waals surface area contributed by atoms with E-state index in [1.54, 1.807) is 6.08 Å². The molecule has 0 aliphatic rings. The lowest BCUT2D eigenvalue weighted by molar-refractivity contribution is 0.178. The average Bonchev–Trinajstić information content (AvgIpc) is 2.17. The summed E-state index contributed by atoms with van der Waals surface area (Å²) in [7, 11) is 0. The molecule has 2 amide bonds. The maximum absolute atomic E-state index is 11.7. The number of aliphatic hydroxyl groups excluding tert-OH is 1. The number of nitrogens with one attached hydrogen (secondary N) is 1. The van der Waals surface area contributed by atoms with Crippen LogP contribution in [0.4, 0.5) is 4.79 Å². The molecule has 0 aliphatic heterocycles. The van der Waals surface area contributed by atoms with Crippen LogP contribution in [0, 0.1) is 5.92 Å². The number of aliphatic hydroxyl groups is 1. The number of carbonyl (C=O) groups is 1. The van der Waals surface area contributed by atoms with Crippen LogP contribution in [-0.4, -0.2) is 41.8 Å². The first-order valence-electron chi connectivity index (χ1n) is 5.30. The van der Waals surface area contributed by atoms with Crippen molar-refractivity contribution in [1.82, 2.24) is 10.2 Å². The van der Waals surface area contributed by atoms with E-state index < -0.39 is 0 Å². The summed E-state index contributed by atoms with van der Waals surface area (Å²) in [6.07, 6.45) is 1.65. The Kier molecular flexibility index (Phi) is 6.79. The fraction of sp³-hybridized carbons (Fsp3) is 0.727. The first kappa shape index (κ1) is 14.0. The first-order chi connectivity index (χ1) is 7.02. The third-order valence-electron chi connectivity index (χ3n) is 2.36. The number of urea groups is 1. The summed E-state index contributed by atoms with van der Waals surface area (Å²) >= 11 is 0. The van der Waals surface area contributed by atoms with E-state index in [9.17, 15) is 4.79 Å². The molecule has 0 fully saturated rings. The standard InChI is InChI=1S/C11H22N2O2/c1-5-6-13(7-8-14)11(15)12-10(4)9(2)3/h5,9-10,14H,1,6-8H2,2-4H3,(H,12,15). The number of amides is 2. The quantitative estimate of drug-likeness (QED) is 0.653. The lowest BCUT2D eigenvalue weighted by atomic mass is 10.1. The van der Waals surface area contributed by atoms with Gasteiger partial charge in [-0.05, 0) is 12.8 Å². The third kappa shape index (κ3) is 5.42. The Balaban J connectivity index is 4.18. The van der Waals surface area contributed by atoms with Crippen molar-refractivity contribution in [3.05, 3.63) is 12.7 Å². The van der Waals surface area contributed by atoms with Crippen molar-refractivity contribution in [3.8, 4) is 0 Å². The second-order valence-electron chi connectivity index (χ2n) is 3.94. The van der Waals surface area contributed by atoms with Crippen molar-refractivity contribution in [3.63, 3.8) is 0 Å². The van der Waals surface area contributed by atoms with Gasteiger partial charge in [-0.25, -0.2) is 4.79 Å². The summed E-state index contributed by atoms with van der Waals surface area (Å²) in [6.45, 7) is 10.4. The Hall–Kier alpha value is -1.03. The van der Waals surface area contributed by atoms with Crippen LogP contribution in [0.3, 0.4) is 0 Å². The number of carbonyl (C=O) groups excluding carboxylic acids is 1. The van der Waals surface area contributed by atoms with Crippen LogP contribution in [-0.2, 0) is 0 Å². The van der Waals surface area contributed by atoms with Crippen LogP contribution in [0.25, 0.3) is 0 Å². The van der Waals surface area contributed by atoms with Gasteiger partial charge in [0, 0.05) is 19.1 Å². The van der Waals surface area contributed by atoms with Gasteiger partial charge in [0.25, 0.3) is 0 Å². The molecule has 1 unspecified atom stereocenters. The zero-order chi connectivity index (χ0) is 11.8. The summed E-state index contributed by atoms with van der Waals surface area (Å²) in [5.41, 5.74) is 0. The van der Waals surface area contributed by atoms with E-state index in [0.717, 1.165) is 0 Å². The molecule has 0 saturated carbocycles. The molecule has 4 heteroatoms. The lowest BCUT2D eigenvalue weighted by Crippen LogP contribution is -2.46. The Morgan fingerprint density at radius 1 is 1.53 bits per heavy atom. The van der Waals surface area contributed by atoms with Crippen LogP contribution in [0.1, 0.15) is 20.8 Å². The van der Waals surface area contributed by atoms with Gasteiger partial charge in [-0.1, -0.05) is 19.9 Å². The summed E-state index contributed by atoms with van der Waals surface area (Å²) in [6, 6.07) is -0.0198. The van der Waals surface area contributed by atoms with Crippen molar-refractivity contribution in [1.29, 1.82) is 0 Å². The highest BCUT2D eigenvalue weighted by atomic mass is 16.3. The second-order valence-corrected chi connectivity index (χ2v) is 3.94. The van der Waals surface area contributed by atoms with Crippen molar-refractivity contribution >= 4 is 6.03 Å². The molecule has 2 N–H and O–H groups in total. The molecule has 0 aromatic heterocycles. The van der Waals surface area contributed by atoms with Crippen molar-refractivity contribution < 1.29 is 9.90 Å². The SMILES string of the molecule is C=CCN(CCO)C(=O)NC(C)C(C)C. The minimum atomic E-state index is -0.148. The van der Waals surface area contributed by atoms with Crippen molar-refractivity contribution in [2.75, 3.05) is 19.7 Å². The fourth-order valence-electron chi connectivity index (χ4n) is 1.01. The van der Waals surface area contributed by atoms with Gasteiger partial charge in [0.15, 0.2) is 0 Å². The molecule has 4 nitrogen and oxygen atoms in total. The minimum absolute atomic E-state index is 0.0304. The highest BCUT2D eigenvalue weighted by Crippen LogP contribution is 2.01. The molecule has 88 valence electrons.